The van der Waals surface area contributed by atoms with Gasteiger partial charge in [0.2, 0.25) is 0 Å². The summed E-state index contributed by atoms with van der Waals surface area (Å²) in [5.74, 6) is -0.0594. The van der Waals surface area contributed by atoms with E-state index in [9.17, 15) is 8.76 Å². The van der Waals surface area contributed by atoms with Gasteiger partial charge in [-0.2, -0.15) is 0 Å². The molecule has 0 aromatic rings. The molecule has 0 aromatic carbocycles. The molecule has 1 unspecified atom stereocenters. The number of hydrogen-bond donors (Lipinski definition) is 0. The largest absolute Gasteiger partial charge is 1.00 e. The van der Waals surface area contributed by atoms with Crippen LogP contribution < -0.4 is 51.4 Å². The Morgan fingerprint density at radius 3 is 2.50 bits per heavy atom. The van der Waals surface area contributed by atoms with Crippen molar-refractivity contribution in [3.8, 4) is 0 Å². The molecule has 3 nitrogen and oxygen atoms in total. The van der Waals surface area contributed by atoms with Crippen LogP contribution in [0.4, 0.5) is 0 Å². The van der Waals surface area contributed by atoms with Crippen molar-refractivity contribution in [2.75, 3.05) is 19.0 Å². The van der Waals surface area contributed by atoms with E-state index >= 15 is 0 Å². The van der Waals surface area contributed by atoms with Crippen LogP contribution in [0.1, 0.15) is 6.92 Å². The molecule has 0 aromatic heterocycles. The van der Waals surface area contributed by atoms with Crippen molar-refractivity contribution in [1.29, 1.82) is 0 Å². The second-order valence-electron chi connectivity index (χ2n) is 1.46. The fraction of sp³-hybridized carbons (Fsp3) is 1.00. The molecule has 1 atom stereocenters. The molecular weight excluding hydrogens is 199 g/mol. The van der Waals surface area contributed by atoms with Crippen molar-refractivity contribution in [1.82, 2.24) is 0 Å². The summed E-state index contributed by atoms with van der Waals surface area (Å²) in [5, 5.41) is 0. The zero-order valence-electron chi connectivity index (χ0n) is 6.16. The van der Waals surface area contributed by atoms with E-state index in [1.54, 1.807) is 6.92 Å². The first-order valence-corrected chi connectivity index (χ1v) is 5.15. The Bertz CT molecular complexity index is 154. The van der Waals surface area contributed by atoms with Crippen molar-refractivity contribution < 1.29 is 64.9 Å². The van der Waals surface area contributed by atoms with E-state index in [0.29, 0.717) is 6.61 Å². The molecule has 0 aliphatic heterocycles. The van der Waals surface area contributed by atoms with Crippen LogP contribution in [0.25, 0.3) is 0 Å². The van der Waals surface area contributed by atoms with Crippen LogP contribution in [0.3, 0.4) is 0 Å². The summed E-state index contributed by atoms with van der Waals surface area (Å²) in [6.45, 7) is 2.54. The van der Waals surface area contributed by atoms with Crippen LogP contribution in [0, 0.1) is 0 Å². The first-order chi connectivity index (χ1) is 4.06. The maximum atomic E-state index is 10.2. The van der Waals surface area contributed by atoms with Gasteiger partial charge in [0.05, 0.1) is 6.61 Å². The van der Waals surface area contributed by atoms with E-state index in [1.807, 2.05) is 0 Å². The fourth-order valence-corrected chi connectivity index (χ4v) is 0.831. The van der Waals surface area contributed by atoms with E-state index in [4.69, 9.17) is 4.74 Å². The molecule has 0 aliphatic carbocycles. The summed E-state index contributed by atoms with van der Waals surface area (Å²) >= 11 is 4.09. The Balaban J connectivity index is 0. The van der Waals surface area contributed by atoms with Gasteiger partial charge in [0.1, 0.15) is 0 Å². The first-order valence-electron chi connectivity index (χ1n) is 2.57. The molecule has 0 bridgehead atoms. The molecule has 0 amide bonds. The zero-order chi connectivity index (χ0) is 7.33. The fourth-order valence-electron chi connectivity index (χ4n) is 0.305. The molecule has 0 heterocycles. The number of rotatable bonds is 4. The summed E-state index contributed by atoms with van der Waals surface area (Å²) in [5.41, 5.74) is 0. The minimum Gasteiger partial charge on any atom is -0.769 e. The quantitative estimate of drug-likeness (QED) is 0.363. The van der Waals surface area contributed by atoms with E-state index in [-0.39, 0.29) is 63.7 Å². The van der Waals surface area contributed by atoms with Crippen molar-refractivity contribution in [2.24, 2.45) is 0 Å². The third kappa shape index (κ3) is 12.6. The summed E-state index contributed by atoms with van der Waals surface area (Å²) < 4.78 is 25.2. The van der Waals surface area contributed by atoms with Gasteiger partial charge in [-0.3, -0.25) is 4.21 Å². The smallest absolute Gasteiger partial charge is 0.769 e. The Morgan fingerprint density at radius 1 is 1.70 bits per heavy atom. The molecule has 0 spiro atoms. The molecule has 10 heavy (non-hydrogen) atoms. The summed E-state index contributed by atoms with van der Waals surface area (Å²) in [4.78, 5) is 0. The molecule has 0 rings (SSSR count). The molecule has 56 valence electrons. The first kappa shape index (κ1) is 14.5. The maximum Gasteiger partial charge on any atom is 1.00 e. The predicted octanol–water partition coefficient (Wildman–Crippen LogP) is -3.10. The van der Waals surface area contributed by atoms with Crippen molar-refractivity contribution in [3.63, 3.8) is 0 Å². The second kappa shape index (κ2) is 7.57. The summed E-state index contributed by atoms with van der Waals surface area (Å²) in [6, 6.07) is 0. The zero-order valence-corrected chi connectivity index (χ0v) is 10.9. The summed E-state index contributed by atoms with van der Waals surface area (Å²) in [7, 11) is -3.24. The van der Waals surface area contributed by atoms with Gasteiger partial charge in [0, 0.05) is 12.4 Å². The predicted molar refractivity (Wildman–Crippen MR) is 37.6 cm³/mol. The van der Waals surface area contributed by atoms with Gasteiger partial charge in [-0.1, -0.05) is 0 Å². The van der Waals surface area contributed by atoms with Gasteiger partial charge >= 0.3 is 51.4 Å². The average Bonchev–Trinajstić information content (AvgIpc) is 1.63. The Kier molecular flexibility index (Phi) is 10.9. The van der Waals surface area contributed by atoms with Crippen LogP contribution in [0.2, 0.25) is 0 Å². The minimum atomic E-state index is -3.24. The van der Waals surface area contributed by atoms with E-state index < -0.39 is 8.77 Å². The number of ether oxygens (including phenoxy) is 1. The SMILES string of the molecule is CCOCCS(=O)([O-])=S.[K+]. The van der Waals surface area contributed by atoms with Gasteiger partial charge in [-0.05, 0) is 26.9 Å². The van der Waals surface area contributed by atoms with Crippen LogP contribution in [-0.4, -0.2) is 27.7 Å². The summed E-state index contributed by atoms with van der Waals surface area (Å²) in [6.07, 6.45) is 0. The van der Waals surface area contributed by atoms with Gasteiger partial charge in [0.25, 0.3) is 0 Å². The van der Waals surface area contributed by atoms with E-state index in [1.165, 1.54) is 0 Å². The molecule has 0 saturated heterocycles. The van der Waals surface area contributed by atoms with Crippen molar-refractivity contribution in [2.45, 2.75) is 6.92 Å². The Labute approximate surface area is 109 Å². The number of hydrogen-bond acceptors (Lipinski definition) is 4. The van der Waals surface area contributed by atoms with E-state index in [2.05, 4.69) is 11.2 Å². The van der Waals surface area contributed by atoms with Crippen molar-refractivity contribution in [3.05, 3.63) is 0 Å². The molecule has 0 saturated carbocycles. The molecule has 0 radical (unpaired) electrons. The third-order valence-electron chi connectivity index (χ3n) is 0.682. The van der Waals surface area contributed by atoms with Gasteiger partial charge in [-0.25, -0.2) is 0 Å². The van der Waals surface area contributed by atoms with Gasteiger partial charge in [-0.15, -0.1) is 0 Å². The minimum absolute atomic E-state index is 0. The third-order valence-corrected chi connectivity index (χ3v) is 1.85. The van der Waals surface area contributed by atoms with Gasteiger partial charge < -0.3 is 9.29 Å². The molecule has 0 aliphatic rings. The second-order valence-corrected chi connectivity index (χ2v) is 4.51. The molecule has 0 N–H and O–H groups in total. The van der Waals surface area contributed by atoms with Crippen LogP contribution in [0.5, 0.6) is 0 Å². The van der Waals surface area contributed by atoms with Crippen molar-refractivity contribution >= 4 is 20.0 Å². The van der Waals surface area contributed by atoms with E-state index in [0.717, 1.165) is 0 Å². The van der Waals surface area contributed by atoms with Crippen LogP contribution in [0.15, 0.2) is 0 Å². The standard InChI is InChI=1S/C4H10O3S2.K/c1-2-7-3-4-9(5,6)8;/h2-4H2,1H3,(H,5,6,8);/q;+1/p-1. The molecule has 0 fully saturated rings. The monoisotopic (exact) mass is 208 g/mol. The molecule has 6 heteroatoms. The Hall–Kier alpha value is 1.93. The topological polar surface area (TPSA) is 49.4 Å². The van der Waals surface area contributed by atoms with Crippen LogP contribution >= 0.6 is 0 Å². The van der Waals surface area contributed by atoms with Crippen LogP contribution in [-0.2, 0) is 24.7 Å². The Morgan fingerprint density at radius 2 is 2.20 bits per heavy atom. The normalized spacial score (nSPS) is 15.4. The average molecular weight is 208 g/mol. The van der Waals surface area contributed by atoms with Gasteiger partial charge in [0.15, 0.2) is 0 Å². The maximum absolute atomic E-state index is 10.2. The molecular formula is C4H9KO3S2.